The number of amides is 2. The number of primary amides is 1. The van der Waals surface area contributed by atoms with Gasteiger partial charge in [0, 0.05) is 18.8 Å². The molecule has 1 aromatic rings. The first-order valence-electron chi connectivity index (χ1n) is 14.3. The summed E-state index contributed by atoms with van der Waals surface area (Å²) in [5.74, 6) is -14.9. The van der Waals surface area contributed by atoms with Gasteiger partial charge in [0.2, 0.25) is 11.8 Å². The molecule has 0 saturated heterocycles. The molecule has 2 fully saturated rings. The van der Waals surface area contributed by atoms with Gasteiger partial charge in [0.05, 0.1) is 24.1 Å². The van der Waals surface area contributed by atoms with E-state index in [4.69, 9.17) is 5.73 Å². The Morgan fingerprint density at radius 3 is 2.26 bits per heavy atom. The average molecular weight is 598 g/mol. The number of phenols is 1. The zero-order valence-electron chi connectivity index (χ0n) is 25.2. The topological polar surface area (TPSA) is 201 Å². The van der Waals surface area contributed by atoms with Crippen molar-refractivity contribution in [2.24, 2.45) is 40.7 Å². The molecule has 0 radical (unpaired) electrons. The Kier molecular flexibility index (Phi) is 8.27. The molecule has 0 aromatic heterocycles. The predicted octanol–water partition coefficient (Wildman–Crippen LogP) is 0.166. The number of rotatable bonds is 7. The minimum absolute atomic E-state index is 0.124. The molecule has 5 N–H and O–H groups in total. The molecule has 3 unspecified atom stereocenters. The lowest BCUT2D eigenvalue weighted by molar-refractivity contribution is -0.190. The second-order valence-corrected chi connectivity index (χ2v) is 13.5. The molecule has 3 aliphatic carbocycles. The quantitative estimate of drug-likeness (QED) is 0.314. The standard InChI is InChI=1S/C31H39N3O9/c1-13-15-8-7-9-17(36)20(15)25(38)21-19(13)16(10-14(35)12-33-18(37)11-30(2,3)4)23-24(34(5)6)26(39)22(29(32)42)28(41)31(23,43)27(21)40/h7-9,13,16,19,21-24,36,43H,10-12H2,1-6H3,(H2,32,42)(H,33,37)/t13-,16-,19-,21?,22?,23-,24?,31-/m0/s1. The van der Waals surface area contributed by atoms with E-state index in [9.17, 15) is 43.8 Å². The van der Waals surface area contributed by atoms with Gasteiger partial charge in [-0.05, 0) is 48.9 Å². The van der Waals surface area contributed by atoms with Gasteiger partial charge in [0.1, 0.15) is 5.75 Å². The summed E-state index contributed by atoms with van der Waals surface area (Å²) in [4.78, 5) is 95.1. The molecular weight excluding hydrogens is 558 g/mol. The van der Waals surface area contributed by atoms with Gasteiger partial charge < -0.3 is 21.3 Å². The highest BCUT2D eigenvalue weighted by molar-refractivity contribution is 6.32. The van der Waals surface area contributed by atoms with E-state index in [1.807, 2.05) is 20.8 Å². The number of nitrogens with zero attached hydrogens (tertiary/aromatic N) is 1. The van der Waals surface area contributed by atoms with Gasteiger partial charge in [-0.15, -0.1) is 0 Å². The fourth-order valence-electron chi connectivity index (χ4n) is 7.52. The van der Waals surface area contributed by atoms with Crippen molar-refractivity contribution in [3.05, 3.63) is 29.3 Å². The van der Waals surface area contributed by atoms with Crippen molar-refractivity contribution in [2.75, 3.05) is 20.6 Å². The molecule has 0 aliphatic heterocycles. The van der Waals surface area contributed by atoms with Crippen LogP contribution in [0.15, 0.2) is 18.2 Å². The van der Waals surface area contributed by atoms with Crippen LogP contribution < -0.4 is 11.1 Å². The summed E-state index contributed by atoms with van der Waals surface area (Å²) in [5.41, 5.74) is 2.37. The number of carbonyl (C=O) groups excluding carboxylic acids is 7. The normalized spacial score (nSPS) is 32.1. The minimum atomic E-state index is -3.00. The van der Waals surface area contributed by atoms with Crippen LogP contribution in [0.1, 0.15) is 62.4 Å². The van der Waals surface area contributed by atoms with E-state index in [1.165, 1.54) is 31.1 Å². The van der Waals surface area contributed by atoms with Crippen LogP contribution in [0.2, 0.25) is 0 Å². The smallest absolute Gasteiger partial charge is 0.235 e. The summed E-state index contributed by atoms with van der Waals surface area (Å²) in [6.45, 7) is 6.92. The van der Waals surface area contributed by atoms with E-state index >= 15 is 0 Å². The van der Waals surface area contributed by atoms with Crippen molar-refractivity contribution in [3.63, 3.8) is 0 Å². The molecule has 43 heavy (non-hydrogen) atoms. The van der Waals surface area contributed by atoms with E-state index in [-0.39, 0.29) is 35.6 Å². The molecule has 0 spiro atoms. The highest BCUT2D eigenvalue weighted by Crippen LogP contribution is 2.57. The van der Waals surface area contributed by atoms with Crippen molar-refractivity contribution in [1.82, 2.24) is 10.2 Å². The lowest BCUT2D eigenvalue weighted by Gasteiger charge is -2.57. The summed E-state index contributed by atoms with van der Waals surface area (Å²) < 4.78 is 0. The van der Waals surface area contributed by atoms with Crippen molar-refractivity contribution in [3.8, 4) is 5.75 Å². The van der Waals surface area contributed by atoms with Crippen LogP contribution in [-0.2, 0) is 28.8 Å². The van der Waals surface area contributed by atoms with Gasteiger partial charge in [0.15, 0.2) is 40.4 Å². The number of phenolic OH excluding ortho intramolecular Hbond substituents is 1. The fourth-order valence-corrected chi connectivity index (χ4v) is 7.52. The second kappa shape index (κ2) is 11.1. The maximum Gasteiger partial charge on any atom is 0.235 e. The van der Waals surface area contributed by atoms with Gasteiger partial charge in [-0.25, -0.2) is 0 Å². The first kappa shape index (κ1) is 32.2. The molecule has 12 nitrogen and oxygen atoms in total. The van der Waals surface area contributed by atoms with Gasteiger partial charge in [-0.3, -0.25) is 38.5 Å². The lowest BCUT2D eigenvalue weighted by Crippen LogP contribution is -2.76. The lowest BCUT2D eigenvalue weighted by atomic mass is 9.46. The van der Waals surface area contributed by atoms with Crippen LogP contribution in [0.5, 0.6) is 5.75 Å². The molecule has 2 amide bonds. The van der Waals surface area contributed by atoms with Gasteiger partial charge in [-0.2, -0.15) is 0 Å². The molecule has 8 atom stereocenters. The number of ketones is 5. The highest BCUT2D eigenvalue weighted by Gasteiger charge is 2.72. The number of aromatic hydroxyl groups is 1. The van der Waals surface area contributed by atoms with Crippen LogP contribution in [0.4, 0.5) is 0 Å². The molecule has 2 saturated carbocycles. The molecule has 1 aromatic carbocycles. The second-order valence-electron chi connectivity index (χ2n) is 13.5. The molecule has 0 bridgehead atoms. The Hall–Kier alpha value is -3.77. The zero-order chi connectivity index (χ0) is 32.3. The molecule has 12 heteroatoms. The predicted molar refractivity (Wildman–Crippen MR) is 152 cm³/mol. The highest BCUT2D eigenvalue weighted by atomic mass is 16.3. The van der Waals surface area contributed by atoms with E-state index in [1.54, 1.807) is 13.0 Å². The first-order valence-corrected chi connectivity index (χ1v) is 14.3. The number of likely N-dealkylation sites (N-methyl/N-ethyl adjacent to an activating group) is 1. The maximum atomic E-state index is 14.2. The van der Waals surface area contributed by atoms with Gasteiger partial charge >= 0.3 is 0 Å². The molecular formula is C31H39N3O9. The number of carbonyl (C=O) groups is 7. The van der Waals surface area contributed by atoms with Crippen LogP contribution >= 0.6 is 0 Å². The molecule has 3 aliphatic rings. The van der Waals surface area contributed by atoms with E-state index in [0.29, 0.717) is 5.56 Å². The van der Waals surface area contributed by atoms with Gasteiger partial charge in [-0.1, -0.05) is 39.8 Å². The zero-order valence-corrected chi connectivity index (χ0v) is 25.2. The third-order valence-corrected chi connectivity index (χ3v) is 9.18. The summed E-state index contributed by atoms with van der Waals surface area (Å²) >= 11 is 0. The summed E-state index contributed by atoms with van der Waals surface area (Å²) in [6.07, 6.45) is -0.244. The Morgan fingerprint density at radius 2 is 1.70 bits per heavy atom. The number of Topliss-reactive ketones (excluding diaryl/α,β-unsaturated/α-hetero) is 5. The van der Waals surface area contributed by atoms with Crippen LogP contribution in [-0.4, -0.2) is 88.1 Å². The minimum Gasteiger partial charge on any atom is -0.507 e. The van der Waals surface area contributed by atoms with Crippen molar-refractivity contribution in [2.45, 2.75) is 58.1 Å². The Labute approximate surface area is 249 Å². The van der Waals surface area contributed by atoms with E-state index in [0.717, 1.165) is 0 Å². The first-order chi connectivity index (χ1) is 19.8. The number of benzene rings is 1. The van der Waals surface area contributed by atoms with Crippen LogP contribution in [0, 0.1) is 35.0 Å². The van der Waals surface area contributed by atoms with Crippen molar-refractivity contribution >= 4 is 40.7 Å². The average Bonchev–Trinajstić information content (AvgIpc) is 2.87. The Bertz CT molecular complexity index is 1430. The number of aliphatic hydroxyl groups is 1. The number of nitrogens with two attached hydrogens (primary N) is 1. The fraction of sp³-hybridized carbons (Fsp3) is 0.581. The summed E-state index contributed by atoms with van der Waals surface area (Å²) in [6, 6.07) is 3.06. The molecule has 4 rings (SSSR count). The number of hydrogen-bond donors (Lipinski definition) is 4. The summed E-state index contributed by atoms with van der Waals surface area (Å²) in [7, 11) is 2.95. The Balaban J connectivity index is 1.87. The Morgan fingerprint density at radius 1 is 1.07 bits per heavy atom. The van der Waals surface area contributed by atoms with E-state index < -0.39 is 88.4 Å². The number of fused-ring (bicyclic) bond motifs is 3. The summed E-state index contributed by atoms with van der Waals surface area (Å²) in [5, 5.41) is 25.3. The monoisotopic (exact) mass is 597 g/mol. The third kappa shape index (κ3) is 5.20. The SMILES string of the molecule is C[C@H]1c2cccc(O)c2C(=O)C2C(=O)[C@]3(O)C(=O)C(C(N)=O)C(=O)C(N(C)C)[C@@H]3[C@@H](CC(=O)CNC(=O)CC(C)(C)C)[C@@H]21. The largest absolute Gasteiger partial charge is 0.507 e. The van der Waals surface area contributed by atoms with Crippen LogP contribution in [0.25, 0.3) is 0 Å². The molecule has 232 valence electrons. The molecule has 0 heterocycles. The van der Waals surface area contributed by atoms with Gasteiger partial charge in [0.25, 0.3) is 0 Å². The van der Waals surface area contributed by atoms with Crippen molar-refractivity contribution in [1.29, 1.82) is 0 Å². The number of nitrogens with one attached hydrogen (secondary N) is 1. The number of hydrogen-bond acceptors (Lipinski definition) is 10. The van der Waals surface area contributed by atoms with E-state index in [2.05, 4.69) is 5.32 Å². The third-order valence-electron chi connectivity index (χ3n) is 9.18. The maximum absolute atomic E-state index is 14.2. The van der Waals surface area contributed by atoms with Crippen molar-refractivity contribution < 1.29 is 43.8 Å². The van der Waals surface area contributed by atoms with Crippen LogP contribution in [0.3, 0.4) is 0 Å².